The molecule has 3 aliphatic rings. The van der Waals surface area contributed by atoms with Gasteiger partial charge in [-0.1, -0.05) is 6.42 Å². The summed E-state index contributed by atoms with van der Waals surface area (Å²) in [6, 6.07) is 1.43. The summed E-state index contributed by atoms with van der Waals surface area (Å²) in [6.07, 6.45) is -2.14. The molecule has 0 spiro atoms. The van der Waals surface area contributed by atoms with E-state index in [9.17, 15) is 4.79 Å². The molecule has 3 fully saturated rings. The molecule has 2 bridgehead atoms. The summed E-state index contributed by atoms with van der Waals surface area (Å²) >= 11 is 5.22. The number of rotatable bonds is 12. The number of carbonyl (C=O) groups is 1. The first kappa shape index (κ1) is 37.1. The summed E-state index contributed by atoms with van der Waals surface area (Å²) < 4.78 is 0. The Morgan fingerprint density at radius 1 is 0.711 bits per heavy atom. The molecule has 2 unspecified atom stereocenters. The predicted molar refractivity (Wildman–Crippen MR) is 197 cm³/mol. The fourth-order valence-electron chi connectivity index (χ4n) is 6.13. The third-order valence-corrected chi connectivity index (χ3v) is 8.34. The van der Waals surface area contributed by atoms with Crippen LogP contribution in [0.4, 0.5) is 0 Å². The first-order valence-corrected chi connectivity index (χ1v) is 13.4. The Morgan fingerprint density at radius 3 is 1.50 bits per heavy atom. The van der Waals surface area contributed by atoms with Crippen LogP contribution in [-0.4, -0.2) is 187 Å². The number of fused-ring (bicyclic) bond motifs is 4. The Labute approximate surface area is 258 Å². The summed E-state index contributed by atoms with van der Waals surface area (Å²) in [5.41, 5.74) is 0.698. The van der Waals surface area contributed by atoms with E-state index in [4.69, 9.17) is 110 Å². The van der Waals surface area contributed by atoms with Crippen molar-refractivity contribution in [2.45, 2.75) is 32.1 Å². The normalized spacial score (nSPS) is 18.4. The van der Waals surface area contributed by atoms with Crippen molar-refractivity contribution in [2.24, 2.45) is 11.8 Å². The Morgan fingerprint density at radius 2 is 1.13 bits per heavy atom. The average Bonchev–Trinajstić information content (AvgIpc) is 3.15. The number of hydrogen-bond donors (Lipinski definition) is 1. The van der Waals surface area contributed by atoms with Gasteiger partial charge in [0, 0.05) is 11.5 Å². The Hall–Kier alpha value is 1.05. The van der Waals surface area contributed by atoms with Crippen LogP contribution >= 0.6 is 12.1 Å². The van der Waals surface area contributed by atoms with Crippen LogP contribution in [0, 0.1) is 11.8 Å². The quantitative estimate of drug-likeness (QED) is 0.176. The SMILES string of the molecule is O=C1/C(=C/O)C2CCCC1CC2.[B][B]B([B])B(B([B])[B])B(B=S)B(B(B([B])[B])B([B])[B])B(B([B])[B])B([B])[B]. The summed E-state index contributed by atoms with van der Waals surface area (Å²) in [4.78, 5) is 11.6. The summed E-state index contributed by atoms with van der Waals surface area (Å²) in [6.45, 7) is 0. The van der Waals surface area contributed by atoms with Crippen LogP contribution in [0.2, 0.25) is 0 Å². The van der Waals surface area contributed by atoms with E-state index < -0.39 is 70.2 Å². The second kappa shape index (κ2) is 17.9. The van der Waals surface area contributed by atoms with E-state index >= 15 is 0 Å². The number of hydrogen-bond acceptors (Lipinski definition) is 3. The van der Waals surface area contributed by atoms with Gasteiger partial charge in [0.15, 0.2) is 5.78 Å². The fraction of sp³-hybridized carbons (Fsp3) is 0.700. The van der Waals surface area contributed by atoms with E-state index in [1.54, 1.807) is 0 Å². The maximum absolute atomic E-state index is 11.6. The molecule has 25 radical (unpaired) electrons. The molecular formula is C10H14B25O2S. The first-order valence-electron chi connectivity index (χ1n) is 12.9. The zero-order valence-corrected chi connectivity index (χ0v) is 22.8. The summed E-state index contributed by atoms with van der Waals surface area (Å²) in [5, 5.41) is 8.93. The van der Waals surface area contributed by atoms with Gasteiger partial charge in [-0.2, -0.15) is 0 Å². The minimum absolute atomic E-state index is 0.214. The molecule has 38 heavy (non-hydrogen) atoms. The van der Waals surface area contributed by atoms with E-state index in [1.165, 1.54) is 13.1 Å². The zero-order valence-electron chi connectivity index (χ0n) is 22.0. The number of allylic oxidation sites excluding steroid dienone is 1. The topological polar surface area (TPSA) is 37.3 Å². The fourth-order valence-corrected chi connectivity index (χ4v) is 6.49. The molecule has 1 N–H and O–H groups in total. The molecule has 3 saturated carbocycles. The van der Waals surface area contributed by atoms with Crippen LogP contribution in [0.1, 0.15) is 32.1 Å². The third kappa shape index (κ3) is 9.81. The Balaban J connectivity index is 0.000000491. The second-order valence-corrected chi connectivity index (χ2v) is 10.8. The average molecular weight is 469 g/mol. The van der Waals surface area contributed by atoms with Crippen molar-refractivity contribution in [1.29, 1.82) is 0 Å². The molecule has 3 rings (SSSR count). The first-order chi connectivity index (χ1) is 17.7. The summed E-state index contributed by atoms with van der Waals surface area (Å²) in [5.74, 6) is 0.801. The number of ketones is 1. The van der Waals surface area contributed by atoms with E-state index in [1.807, 2.05) is 0 Å². The van der Waals surface area contributed by atoms with Gasteiger partial charge in [-0.15, -0.1) is 0 Å². The molecule has 0 saturated heterocycles. The van der Waals surface area contributed by atoms with Gasteiger partial charge in [-0.05, 0) is 31.6 Å². The molecule has 0 aromatic rings. The van der Waals surface area contributed by atoms with Crippen LogP contribution < -0.4 is 0 Å². The molecule has 0 heterocycles. The second-order valence-electron chi connectivity index (χ2n) is 10.5. The standard InChI is InChI=1S/C10H14O2.B25S/c11-6-9-7-2-1-3-8(5-4-7)10(9)12;1-13-20(12)24(19(10)11)21(14-26)25(22(15(2)3)16(4)5)23(17(6)7)18(8)9/h6-8,11H,1-5H2;/b9-6+;. The van der Waals surface area contributed by atoms with E-state index in [0.29, 0.717) is 11.5 Å². The predicted octanol–water partition coefficient (Wildman–Crippen LogP) is -6.66. The molecule has 2 atom stereocenters. The van der Waals surface area contributed by atoms with Crippen LogP contribution in [0.5, 0.6) is 0 Å². The number of aliphatic hydroxyl groups is 1. The van der Waals surface area contributed by atoms with Gasteiger partial charge < -0.3 is 5.11 Å². The molecule has 0 aromatic carbocycles. The van der Waals surface area contributed by atoms with E-state index in [-0.39, 0.29) is 11.7 Å². The van der Waals surface area contributed by atoms with Crippen molar-refractivity contribution in [1.82, 2.24) is 0 Å². The van der Waals surface area contributed by atoms with Gasteiger partial charge in [0.2, 0.25) is 0 Å². The molecule has 2 nitrogen and oxygen atoms in total. The number of carbonyl (C=O) groups excluding carboxylic acids is 1. The van der Waals surface area contributed by atoms with Gasteiger partial charge >= 0.3 is 188 Å². The van der Waals surface area contributed by atoms with Gasteiger partial charge in [0.05, 0.1) is 6.26 Å². The maximum atomic E-state index is 11.6. The van der Waals surface area contributed by atoms with Gasteiger partial charge in [-0.25, -0.2) is 0 Å². The van der Waals surface area contributed by atoms with Gasteiger partial charge in [-0.3, -0.25) is 4.79 Å². The zero-order chi connectivity index (χ0) is 29.3. The van der Waals surface area contributed by atoms with Crippen molar-refractivity contribution >= 4 is 194 Å². The monoisotopic (exact) mass is 473 g/mol. The Bertz CT molecular complexity index is 724. The number of aliphatic hydroxyl groups excluding tert-OH is 1. The van der Waals surface area contributed by atoms with Crippen molar-refractivity contribution in [2.75, 3.05) is 0 Å². The summed E-state index contributed by atoms with van der Waals surface area (Å²) in [7, 11) is 72.3. The molecule has 147 valence electrons. The van der Waals surface area contributed by atoms with Gasteiger partial charge in [0.25, 0.3) is 0 Å². The molecule has 0 aromatic heterocycles. The van der Waals surface area contributed by atoms with Crippen molar-refractivity contribution in [3.05, 3.63) is 11.8 Å². The van der Waals surface area contributed by atoms with Crippen LogP contribution in [0.25, 0.3) is 0 Å². The van der Waals surface area contributed by atoms with Crippen molar-refractivity contribution in [3.8, 4) is 0 Å². The van der Waals surface area contributed by atoms with Crippen molar-refractivity contribution in [3.63, 3.8) is 0 Å². The molecule has 28 heteroatoms. The molecule has 0 amide bonds. The third-order valence-electron chi connectivity index (χ3n) is 8.03. The van der Waals surface area contributed by atoms with Crippen LogP contribution in [-0.2, 0) is 4.79 Å². The van der Waals surface area contributed by atoms with Crippen LogP contribution in [0.3, 0.4) is 0 Å². The number of Topliss-reactive ketones (excluding diaryl/α,β-unsaturated/α-hetero) is 1. The molecular weight excluding hydrogens is 454 g/mol. The molecule has 0 aliphatic heterocycles. The molecule has 3 aliphatic carbocycles. The van der Waals surface area contributed by atoms with Crippen LogP contribution in [0.15, 0.2) is 11.8 Å². The van der Waals surface area contributed by atoms with E-state index in [0.717, 1.165) is 38.4 Å². The Kier molecular flexibility index (Phi) is 17.4. The van der Waals surface area contributed by atoms with Crippen molar-refractivity contribution < 1.29 is 9.90 Å². The van der Waals surface area contributed by atoms with E-state index in [2.05, 4.69) is 0 Å². The minimum atomic E-state index is -0.940. The van der Waals surface area contributed by atoms with Gasteiger partial charge in [0.1, 0.15) is 0 Å².